The first-order valence-corrected chi connectivity index (χ1v) is 6.84. The van der Waals surface area contributed by atoms with Gasteiger partial charge in [-0.1, -0.05) is 0 Å². The molecule has 1 aromatic rings. The highest BCUT2D eigenvalue weighted by atomic mass is 32.1. The Morgan fingerprint density at radius 2 is 2.44 bits per heavy atom. The number of hydrogen-bond acceptors (Lipinski definition) is 5. The SMILES string of the molecule is CCOC1CC(N)C1NC(=O)c1cc(OC)cs1. The van der Waals surface area contributed by atoms with Gasteiger partial charge in [-0.05, 0) is 13.3 Å². The lowest BCUT2D eigenvalue weighted by molar-refractivity contribution is -0.0299. The molecular formula is C12H18N2O3S. The third-order valence-corrected chi connectivity index (χ3v) is 3.99. The molecule has 0 radical (unpaired) electrons. The molecule has 0 spiro atoms. The van der Waals surface area contributed by atoms with Gasteiger partial charge >= 0.3 is 0 Å². The number of nitrogens with one attached hydrogen (secondary N) is 1. The Labute approximate surface area is 110 Å². The Morgan fingerprint density at radius 1 is 1.67 bits per heavy atom. The van der Waals surface area contributed by atoms with Crippen LogP contribution in [0.4, 0.5) is 0 Å². The summed E-state index contributed by atoms with van der Waals surface area (Å²) in [6.45, 7) is 2.57. The third-order valence-electron chi connectivity index (χ3n) is 3.08. The highest BCUT2D eigenvalue weighted by molar-refractivity contribution is 7.12. The third kappa shape index (κ3) is 2.66. The van der Waals surface area contributed by atoms with Crippen LogP contribution in [-0.2, 0) is 4.74 Å². The molecule has 3 N–H and O–H groups in total. The van der Waals surface area contributed by atoms with E-state index in [1.165, 1.54) is 11.3 Å². The van der Waals surface area contributed by atoms with Crippen LogP contribution < -0.4 is 15.8 Å². The number of carbonyl (C=O) groups is 1. The number of hydrogen-bond donors (Lipinski definition) is 2. The second-order valence-corrected chi connectivity index (χ2v) is 5.15. The van der Waals surface area contributed by atoms with Gasteiger partial charge in [0.1, 0.15) is 5.75 Å². The van der Waals surface area contributed by atoms with E-state index in [4.69, 9.17) is 15.2 Å². The second-order valence-electron chi connectivity index (χ2n) is 4.24. The molecule has 18 heavy (non-hydrogen) atoms. The van der Waals surface area contributed by atoms with E-state index in [1.807, 2.05) is 6.92 Å². The molecule has 1 aromatic heterocycles. The molecule has 0 bridgehead atoms. The van der Waals surface area contributed by atoms with E-state index < -0.39 is 0 Å². The van der Waals surface area contributed by atoms with Crippen molar-refractivity contribution in [2.75, 3.05) is 13.7 Å². The number of carbonyl (C=O) groups excluding carboxylic acids is 1. The van der Waals surface area contributed by atoms with Crippen LogP contribution in [-0.4, -0.2) is 37.8 Å². The quantitative estimate of drug-likeness (QED) is 0.837. The molecule has 0 saturated heterocycles. The van der Waals surface area contributed by atoms with Crippen LogP contribution in [0.25, 0.3) is 0 Å². The maximum atomic E-state index is 12.0. The highest BCUT2D eigenvalue weighted by Gasteiger charge is 2.40. The van der Waals surface area contributed by atoms with Crippen molar-refractivity contribution < 1.29 is 14.3 Å². The van der Waals surface area contributed by atoms with E-state index >= 15 is 0 Å². The minimum Gasteiger partial charge on any atom is -0.496 e. The number of ether oxygens (including phenoxy) is 2. The van der Waals surface area contributed by atoms with Crippen LogP contribution in [0.1, 0.15) is 23.0 Å². The molecular weight excluding hydrogens is 252 g/mol. The van der Waals surface area contributed by atoms with Gasteiger partial charge in [0.05, 0.1) is 24.1 Å². The number of nitrogens with two attached hydrogens (primary N) is 1. The predicted octanol–water partition coefficient (Wildman–Crippen LogP) is 0.991. The average Bonchev–Trinajstić information content (AvgIpc) is 2.84. The van der Waals surface area contributed by atoms with Crippen LogP contribution in [0.2, 0.25) is 0 Å². The molecule has 1 aliphatic carbocycles. The molecule has 2 rings (SSSR count). The summed E-state index contributed by atoms with van der Waals surface area (Å²) in [5.41, 5.74) is 5.89. The fourth-order valence-electron chi connectivity index (χ4n) is 1.99. The lowest BCUT2D eigenvalue weighted by atomic mass is 9.83. The van der Waals surface area contributed by atoms with Gasteiger partial charge in [-0.3, -0.25) is 4.79 Å². The zero-order valence-corrected chi connectivity index (χ0v) is 11.3. The van der Waals surface area contributed by atoms with E-state index in [-0.39, 0.29) is 24.1 Å². The average molecular weight is 270 g/mol. The normalized spacial score (nSPS) is 26.5. The van der Waals surface area contributed by atoms with Crippen molar-refractivity contribution in [1.29, 1.82) is 0 Å². The molecule has 1 aliphatic rings. The minimum atomic E-state index is -0.117. The standard InChI is InChI=1S/C12H18N2O3S/c1-3-17-9-5-8(13)11(9)14-12(15)10-4-7(16-2)6-18-10/h4,6,8-9,11H,3,5,13H2,1-2H3,(H,14,15). The van der Waals surface area contributed by atoms with Gasteiger partial charge in [-0.2, -0.15) is 0 Å². The van der Waals surface area contributed by atoms with Gasteiger partial charge in [-0.25, -0.2) is 0 Å². The van der Waals surface area contributed by atoms with Crippen molar-refractivity contribution in [2.45, 2.75) is 31.5 Å². The summed E-state index contributed by atoms with van der Waals surface area (Å²) in [6.07, 6.45) is 0.836. The van der Waals surface area contributed by atoms with E-state index in [2.05, 4.69) is 5.32 Å². The first-order chi connectivity index (χ1) is 8.65. The highest BCUT2D eigenvalue weighted by Crippen LogP contribution is 2.25. The molecule has 3 atom stereocenters. The molecule has 1 fully saturated rings. The van der Waals surface area contributed by atoms with E-state index in [0.717, 1.165) is 6.42 Å². The Balaban J connectivity index is 1.94. The van der Waals surface area contributed by atoms with Gasteiger partial charge in [0.2, 0.25) is 0 Å². The van der Waals surface area contributed by atoms with Crippen molar-refractivity contribution in [3.63, 3.8) is 0 Å². The molecule has 5 nitrogen and oxygen atoms in total. The monoisotopic (exact) mass is 270 g/mol. The Morgan fingerprint density at radius 3 is 3.00 bits per heavy atom. The second kappa shape index (κ2) is 5.69. The lowest BCUT2D eigenvalue weighted by Gasteiger charge is -2.42. The fourth-order valence-corrected chi connectivity index (χ4v) is 2.75. The summed E-state index contributed by atoms with van der Waals surface area (Å²) < 4.78 is 10.6. The number of amides is 1. The van der Waals surface area contributed by atoms with Gasteiger partial charge in [0, 0.05) is 24.1 Å². The molecule has 1 amide bonds. The summed E-state index contributed by atoms with van der Waals surface area (Å²) >= 11 is 1.36. The van der Waals surface area contributed by atoms with Crippen LogP contribution in [0.3, 0.4) is 0 Å². The molecule has 3 unspecified atom stereocenters. The predicted molar refractivity (Wildman–Crippen MR) is 70.1 cm³/mol. The molecule has 6 heteroatoms. The summed E-state index contributed by atoms with van der Waals surface area (Å²) in [4.78, 5) is 12.6. The fraction of sp³-hybridized carbons (Fsp3) is 0.583. The van der Waals surface area contributed by atoms with E-state index in [9.17, 15) is 4.79 Å². The molecule has 0 aliphatic heterocycles. The van der Waals surface area contributed by atoms with Gasteiger partial charge < -0.3 is 20.5 Å². The first kappa shape index (κ1) is 13.3. The summed E-state index contributed by atoms with van der Waals surface area (Å²) in [7, 11) is 1.58. The zero-order valence-electron chi connectivity index (χ0n) is 10.5. The van der Waals surface area contributed by atoms with Crippen LogP contribution in [0.15, 0.2) is 11.4 Å². The Kier molecular flexibility index (Phi) is 4.21. The molecule has 1 saturated carbocycles. The van der Waals surface area contributed by atoms with Crippen LogP contribution in [0, 0.1) is 0 Å². The van der Waals surface area contributed by atoms with Crippen molar-refractivity contribution in [2.24, 2.45) is 5.73 Å². The summed E-state index contributed by atoms with van der Waals surface area (Å²) in [6, 6.07) is 1.61. The van der Waals surface area contributed by atoms with Gasteiger partial charge in [0.15, 0.2) is 0 Å². The van der Waals surface area contributed by atoms with Gasteiger partial charge in [-0.15, -0.1) is 11.3 Å². The smallest absolute Gasteiger partial charge is 0.261 e. The Hall–Kier alpha value is -1.11. The van der Waals surface area contributed by atoms with Crippen molar-refractivity contribution in [3.05, 3.63) is 16.3 Å². The minimum absolute atomic E-state index is 0.0210. The summed E-state index contributed by atoms with van der Waals surface area (Å²) in [5, 5.41) is 4.72. The first-order valence-electron chi connectivity index (χ1n) is 5.96. The van der Waals surface area contributed by atoms with Crippen molar-refractivity contribution in [1.82, 2.24) is 5.32 Å². The number of thiophene rings is 1. The topological polar surface area (TPSA) is 73.6 Å². The number of rotatable bonds is 5. The lowest BCUT2D eigenvalue weighted by Crippen LogP contribution is -2.64. The molecule has 1 heterocycles. The zero-order chi connectivity index (χ0) is 13.1. The maximum absolute atomic E-state index is 12.0. The maximum Gasteiger partial charge on any atom is 0.261 e. The number of methoxy groups -OCH3 is 1. The van der Waals surface area contributed by atoms with Crippen molar-refractivity contribution in [3.8, 4) is 5.75 Å². The summed E-state index contributed by atoms with van der Waals surface area (Å²) in [5.74, 6) is 0.581. The largest absolute Gasteiger partial charge is 0.496 e. The molecule has 0 aromatic carbocycles. The van der Waals surface area contributed by atoms with Crippen LogP contribution in [0.5, 0.6) is 5.75 Å². The van der Waals surface area contributed by atoms with Crippen molar-refractivity contribution >= 4 is 17.2 Å². The van der Waals surface area contributed by atoms with Crippen LogP contribution >= 0.6 is 11.3 Å². The van der Waals surface area contributed by atoms with E-state index in [1.54, 1.807) is 18.6 Å². The Bertz CT molecular complexity index is 419. The molecule has 100 valence electrons. The van der Waals surface area contributed by atoms with E-state index in [0.29, 0.717) is 17.2 Å². The van der Waals surface area contributed by atoms with Gasteiger partial charge in [0.25, 0.3) is 5.91 Å².